The Hall–Kier alpha value is -0.920. The fraction of sp³-hybridized carbons (Fsp3) is 0.727. The molecule has 1 aromatic heterocycles. The van der Waals surface area contributed by atoms with Crippen molar-refractivity contribution in [2.45, 2.75) is 38.8 Å². The number of sulfonamides is 1. The number of hydrogen-bond acceptors (Lipinski definition) is 4. The van der Waals surface area contributed by atoms with Gasteiger partial charge in [-0.25, -0.2) is 13.1 Å². The van der Waals surface area contributed by atoms with Gasteiger partial charge in [-0.2, -0.15) is 5.10 Å². The highest BCUT2D eigenvalue weighted by Gasteiger charge is 2.24. The summed E-state index contributed by atoms with van der Waals surface area (Å²) in [7, 11) is -1.76. The molecule has 18 heavy (non-hydrogen) atoms. The van der Waals surface area contributed by atoms with Crippen LogP contribution >= 0.6 is 0 Å². The Morgan fingerprint density at radius 1 is 1.44 bits per heavy atom. The first-order valence-corrected chi connectivity index (χ1v) is 7.47. The highest BCUT2D eigenvalue weighted by atomic mass is 32.2. The lowest BCUT2D eigenvalue weighted by Gasteiger charge is -2.22. The molecule has 6 nitrogen and oxygen atoms in total. The Bertz CT molecular complexity index is 479. The van der Waals surface area contributed by atoms with Gasteiger partial charge in [-0.1, -0.05) is 20.8 Å². The van der Waals surface area contributed by atoms with Gasteiger partial charge in [-0.05, 0) is 18.9 Å². The van der Waals surface area contributed by atoms with Gasteiger partial charge in [0.1, 0.15) is 0 Å². The van der Waals surface area contributed by atoms with E-state index in [2.05, 4.69) is 20.2 Å². The van der Waals surface area contributed by atoms with Crippen LogP contribution in [0.4, 0.5) is 0 Å². The van der Waals surface area contributed by atoms with E-state index in [9.17, 15) is 8.42 Å². The molecule has 0 spiro atoms. The molecule has 0 unspecified atom stereocenters. The minimum absolute atomic E-state index is 0.0593. The van der Waals surface area contributed by atoms with Crippen molar-refractivity contribution >= 4 is 10.0 Å². The maximum Gasteiger partial charge on any atom is 0.257 e. The summed E-state index contributed by atoms with van der Waals surface area (Å²) in [5, 5.41) is 9.39. The quantitative estimate of drug-likeness (QED) is 0.688. The van der Waals surface area contributed by atoms with Crippen LogP contribution in [0.5, 0.6) is 0 Å². The second-order valence-electron chi connectivity index (χ2n) is 5.10. The lowest BCUT2D eigenvalue weighted by molar-refractivity contribution is 0.350. The number of aromatic nitrogens is 2. The van der Waals surface area contributed by atoms with Gasteiger partial charge in [-0.3, -0.25) is 5.10 Å². The SMILES string of the molecule is CCC(C)(C)CNS(=O)(=O)c1[nH]ncc1CNC. The van der Waals surface area contributed by atoms with Crippen LogP contribution < -0.4 is 10.0 Å². The number of rotatable bonds is 7. The van der Waals surface area contributed by atoms with E-state index in [4.69, 9.17) is 0 Å². The molecule has 104 valence electrons. The summed E-state index contributed by atoms with van der Waals surface area (Å²) in [5.41, 5.74) is 0.579. The van der Waals surface area contributed by atoms with Gasteiger partial charge >= 0.3 is 0 Å². The van der Waals surface area contributed by atoms with E-state index >= 15 is 0 Å². The summed E-state index contributed by atoms with van der Waals surface area (Å²) in [6.07, 6.45) is 2.43. The molecular formula is C11H22N4O2S. The number of H-pyrrole nitrogens is 1. The Labute approximate surface area is 109 Å². The van der Waals surface area contributed by atoms with Crippen molar-refractivity contribution in [3.05, 3.63) is 11.8 Å². The van der Waals surface area contributed by atoms with E-state index in [1.807, 2.05) is 20.8 Å². The predicted octanol–water partition coefficient (Wildman–Crippen LogP) is 0.844. The average molecular weight is 274 g/mol. The molecule has 0 aromatic carbocycles. The molecule has 0 aliphatic rings. The van der Waals surface area contributed by atoms with Gasteiger partial charge in [0.25, 0.3) is 10.0 Å². The molecule has 1 heterocycles. The lowest BCUT2D eigenvalue weighted by Crippen LogP contribution is -2.34. The smallest absolute Gasteiger partial charge is 0.257 e. The fourth-order valence-electron chi connectivity index (χ4n) is 1.34. The molecule has 0 saturated heterocycles. The Morgan fingerprint density at radius 2 is 2.11 bits per heavy atom. The van der Waals surface area contributed by atoms with Crippen LogP contribution in [0.1, 0.15) is 32.8 Å². The summed E-state index contributed by atoms with van der Waals surface area (Å²) < 4.78 is 26.9. The maximum atomic E-state index is 12.1. The van der Waals surface area contributed by atoms with Crippen LogP contribution in [0.25, 0.3) is 0 Å². The standard InChI is InChI=1S/C11H22N4O2S/c1-5-11(2,3)8-14-18(16,17)10-9(6-12-4)7-13-15-10/h7,12,14H,5-6,8H2,1-4H3,(H,13,15). The number of nitrogens with zero attached hydrogens (tertiary/aromatic N) is 1. The second-order valence-corrected chi connectivity index (χ2v) is 6.80. The zero-order valence-electron chi connectivity index (χ0n) is 11.4. The van der Waals surface area contributed by atoms with Gasteiger partial charge in [0.2, 0.25) is 0 Å². The average Bonchev–Trinajstić information content (AvgIpc) is 2.76. The van der Waals surface area contributed by atoms with Crippen molar-refractivity contribution in [2.24, 2.45) is 5.41 Å². The van der Waals surface area contributed by atoms with Crippen LogP contribution in [0, 0.1) is 5.41 Å². The Morgan fingerprint density at radius 3 is 2.67 bits per heavy atom. The van der Waals surface area contributed by atoms with E-state index in [1.54, 1.807) is 7.05 Å². The van der Waals surface area contributed by atoms with E-state index in [0.717, 1.165) is 6.42 Å². The fourth-order valence-corrected chi connectivity index (χ4v) is 2.70. The topological polar surface area (TPSA) is 86.9 Å². The lowest BCUT2D eigenvalue weighted by atomic mass is 9.91. The van der Waals surface area contributed by atoms with Crippen molar-refractivity contribution < 1.29 is 8.42 Å². The van der Waals surface area contributed by atoms with Gasteiger partial charge in [-0.15, -0.1) is 0 Å². The third-order valence-corrected chi connectivity index (χ3v) is 4.43. The van der Waals surface area contributed by atoms with E-state index < -0.39 is 10.0 Å². The first-order chi connectivity index (χ1) is 8.32. The minimum Gasteiger partial charge on any atom is -0.316 e. The molecule has 3 N–H and O–H groups in total. The summed E-state index contributed by atoms with van der Waals surface area (Å²) in [5.74, 6) is 0. The predicted molar refractivity (Wildman–Crippen MR) is 70.6 cm³/mol. The van der Waals surface area contributed by atoms with Gasteiger partial charge in [0, 0.05) is 18.7 Å². The van der Waals surface area contributed by atoms with Crippen molar-refractivity contribution in [1.29, 1.82) is 0 Å². The number of nitrogens with one attached hydrogen (secondary N) is 3. The zero-order valence-corrected chi connectivity index (χ0v) is 12.2. The summed E-state index contributed by atoms with van der Waals surface area (Å²) in [6.45, 7) is 6.96. The molecular weight excluding hydrogens is 252 g/mol. The van der Waals surface area contributed by atoms with Crippen LogP contribution in [0.15, 0.2) is 11.2 Å². The normalized spacial score (nSPS) is 12.9. The van der Waals surface area contributed by atoms with Crippen molar-refractivity contribution in [1.82, 2.24) is 20.2 Å². The summed E-state index contributed by atoms with van der Waals surface area (Å²) in [6, 6.07) is 0. The molecule has 0 aliphatic carbocycles. The van der Waals surface area contributed by atoms with Crippen molar-refractivity contribution in [3.8, 4) is 0 Å². The third kappa shape index (κ3) is 3.79. The third-order valence-electron chi connectivity index (χ3n) is 3.01. The van der Waals surface area contributed by atoms with E-state index in [-0.39, 0.29) is 10.4 Å². The maximum absolute atomic E-state index is 12.1. The minimum atomic E-state index is -3.52. The summed E-state index contributed by atoms with van der Waals surface area (Å²) in [4.78, 5) is 0. The second kappa shape index (κ2) is 5.81. The van der Waals surface area contributed by atoms with E-state index in [0.29, 0.717) is 18.7 Å². The highest BCUT2D eigenvalue weighted by Crippen LogP contribution is 2.19. The van der Waals surface area contributed by atoms with Crippen molar-refractivity contribution in [3.63, 3.8) is 0 Å². The van der Waals surface area contributed by atoms with Gasteiger partial charge < -0.3 is 5.32 Å². The first kappa shape index (κ1) is 15.1. The number of hydrogen-bond donors (Lipinski definition) is 3. The molecule has 0 radical (unpaired) electrons. The van der Waals surface area contributed by atoms with Gasteiger partial charge in [0.05, 0.1) is 6.20 Å². The summed E-state index contributed by atoms with van der Waals surface area (Å²) >= 11 is 0. The largest absolute Gasteiger partial charge is 0.316 e. The molecule has 0 atom stereocenters. The molecule has 7 heteroatoms. The molecule has 0 saturated carbocycles. The monoisotopic (exact) mass is 274 g/mol. The first-order valence-electron chi connectivity index (χ1n) is 5.99. The van der Waals surface area contributed by atoms with Crippen LogP contribution in [-0.2, 0) is 16.6 Å². The highest BCUT2D eigenvalue weighted by molar-refractivity contribution is 7.89. The molecule has 1 rings (SSSR count). The van der Waals surface area contributed by atoms with Crippen LogP contribution in [0.2, 0.25) is 0 Å². The number of aromatic amines is 1. The molecule has 0 bridgehead atoms. The van der Waals surface area contributed by atoms with Crippen LogP contribution in [0.3, 0.4) is 0 Å². The Kier molecular flexibility index (Phi) is 4.89. The van der Waals surface area contributed by atoms with Crippen LogP contribution in [-0.4, -0.2) is 32.2 Å². The molecule has 0 amide bonds. The molecule has 0 fully saturated rings. The van der Waals surface area contributed by atoms with E-state index in [1.165, 1.54) is 6.20 Å². The van der Waals surface area contributed by atoms with Gasteiger partial charge in [0.15, 0.2) is 5.03 Å². The van der Waals surface area contributed by atoms with Crippen molar-refractivity contribution in [2.75, 3.05) is 13.6 Å². The molecule has 0 aliphatic heterocycles. The zero-order chi connectivity index (χ0) is 13.8. The Balaban J connectivity index is 2.83. The molecule has 1 aromatic rings.